The molecular formula is C10H16N2. The summed E-state index contributed by atoms with van der Waals surface area (Å²) in [5, 5.41) is 0. The number of pyridine rings is 1. The zero-order valence-electron chi connectivity index (χ0n) is 8.04. The molecule has 0 atom stereocenters. The summed E-state index contributed by atoms with van der Waals surface area (Å²) < 4.78 is 2.21. The van der Waals surface area contributed by atoms with E-state index in [1.165, 1.54) is 5.69 Å². The van der Waals surface area contributed by atoms with Gasteiger partial charge in [-0.25, -0.2) is 0 Å². The summed E-state index contributed by atoms with van der Waals surface area (Å²) in [6.07, 6.45) is 0. The summed E-state index contributed by atoms with van der Waals surface area (Å²) in [6, 6.07) is 6.22. The Bertz CT molecular complexity index is 310. The predicted octanol–water partition coefficient (Wildman–Crippen LogP) is 1.74. The van der Waals surface area contributed by atoms with Crippen molar-refractivity contribution in [1.82, 2.24) is 4.57 Å². The van der Waals surface area contributed by atoms with Crippen LogP contribution < -0.4 is 5.49 Å². The third-order valence-electron chi connectivity index (χ3n) is 1.92. The van der Waals surface area contributed by atoms with Crippen LogP contribution >= 0.6 is 0 Å². The number of hydrogen-bond donors (Lipinski definition) is 0. The molecule has 0 unspecified atom stereocenters. The van der Waals surface area contributed by atoms with E-state index in [1.54, 1.807) is 0 Å². The van der Waals surface area contributed by atoms with Crippen LogP contribution in [-0.2, 0) is 6.54 Å². The van der Waals surface area contributed by atoms with Crippen molar-refractivity contribution >= 4 is 0 Å². The Balaban J connectivity index is 3.28. The first-order valence-corrected chi connectivity index (χ1v) is 4.46. The fourth-order valence-electron chi connectivity index (χ4n) is 1.35. The molecule has 0 aromatic carbocycles. The van der Waals surface area contributed by atoms with Gasteiger partial charge in [0.1, 0.15) is 5.49 Å². The molecule has 0 radical (unpaired) electrons. The molecular weight excluding hydrogens is 148 g/mol. The van der Waals surface area contributed by atoms with Crippen molar-refractivity contribution in [2.24, 2.45) is 4.99 Å². The number of aryl methyl sites for hydroxylation is 1. The minimum Gasteiger partial charge on any atom is -0.331 e. The zero-order valence-corrected chi connectivity index (χ0v) is 8.04. The van der Waals surface area contributed by atoms with Crippen LogP contribution in [0.15, 0.2) is 23.2 Å². The quantitative estimate of drug-likeness (QED) is 0.633. The molecule has 0 aliphatic carbocycles. The SMILES string of the molecule is CCN=c1cccc(C)n1CC. The summed E-state index contributed by atoms with van der Waals surface area (Å²) in [6.45, 7) is 8.15. The first kappa shape index (κ1) is 9.04. The minimum absolute atomic E-state index is 0.851. The lowest BCUT2D eigenvalue weighted by Crippen LogP contribution is -2.21. The molecule has 0 saturated carbocycles. The topological polar surface area (TPSA) is 17.3 Å². The Hall–Kier alpha value is -1.05. The third kappa shape index (κ3) is 1.76. The fourth-order valence-corrected chi connectivity index (χ4v) is 1.35. The van der Waals surface area contributed by atoms with Crippen LogP contribution in [0.4, 0.5) is 0 Å². The maximum atomic E-state index is 4.40. The average molecular weight is 164 g/mol. The van der Waals surface area contributed by atoms with E-state index < -0.39 is 0 Å². The predicted molar refractivity (Wildman–Crippen MR) is 50.9 cm³/mol. The van der Waals surface area contributed by atoms with Gasteiger partial charge in [-0.15, -0.1) is 0 Å². The highest BCUT2D eigenvalue weighted by Crippen LogP contribution is 1.92. The second-order valence-corrected chi connectivity index (χ2v) is 2.74. The molecule has 0 spiro atoms. The first-order chi connectivity index (χ1) is 5.79. The van der Waals surface area contributed by atoms with Gasteiger partial charge < -0.3 is 4.57 Å². The average Bonchev–Trinajstić information content (AvgIpc) is 2.05. The highest BCUT2D eigenvalue weighted by Gasteiger charge is 1.92. The molecule has 12 heavy (non-hydrogen) atoms. The standard InChI is InChI=1S/C10H16N2/c1-4-11-10-8-6-7-9(3)12(10)5-2/h6-8H,4-5H2,1-3H3. The molecule has 0 N–H and O–H groups in total. The fraction of sp³-hybridized carbons (Fsp3) is 0.500. The van der Waals surface area contributed by atoms with Crippen LogP contribution in [0.2, 0.25) is 0 Å². The largest absolute Gasteiger partial charge is 0.331 e. The number of hydrogen-bond acceptors (Lipinski definition) is 1. The summed E-state index contributed by atoms with van der Waals surface area (Å²) in [7, 11) is 0. The molecule has 1 heterocycles. The van der Waals surface area contributed by atoms with Crippen molar-refractivity contribution in [2.45, 2.75) is 27.3 Å². The van der Waals surface area contributed by atoms with E-state index in [4.69, 9.17) is 0 Å². The van der Waals surface area contributed by atoms with Gasteiger partial charge in [0.05, 0.1) is 0 Å². The van der Waals surface area contributed by atoms with E-state index in [9.17, 15) is 0 Å². The Morgan fingerprint density at radius 1 is 1.33 bits per heavy atom. The lowest BCUT2D eigenvalue weighted by molar-refractivity contribution is 0.679. The molecule has 2 heteroatoms. The molecule has 0 aliphatic rings. The van der Waals surface area contributed by atoms with Gasteiger partial charge in [0.2, 0.25) is 0 Å². The molecule has 0 bridgehead atoms. The van der Waals surface area contributed by atoms with Crippen LogP contribution in [0.25, 0.3) is 0 Å². The van der Waals surface area contributed by atoms with Gasteiger partial charge in [-0.3, -0.25) is 4.99 Å². The van der Waals surface area contributed by atoms with Gasteiger partial charge in [-0.2, -0.15) is 0 Å². The van der Waals surface area contributed by atoms with Crippen molar-refractivity contribution in [3.8, 4) is 0 Å². The lowest BCUT2D eigenvalue weighted by atomic mass is 10.3. The molecule has 0 amide bonds. The number of rotatable bonds is 2. The maximum absolute atomic E-state index is 4.40. The molecule has 2 nitrogen and oxygen atoms in total. The van der Waals surface area contributed by atoms with E-state index in [0.29, 0.717) is 0 Å². The summed E-state index contributed by atoms with van der Waals surface area (Å²) >= 11 is 0. The van der Waals surface area contributed by atoms with Crippen LogP contribution in [0.1, 0.15) is 19.5 Å². The highest BCUT2D eigenvalue weighted by atomic mass is 15.0. The Labute approximate surface area is 73.6 Å². The third-order valence-corrected chi connectivity index (χ3v) is 1.92. The van der Waals surface area contributed by atoms with Crippen molar-refractivity contribution in [3.63, 3.8) is 0 Å². The number of nitrogens with zero attached hydrogens (tertiary/aromatic N) is 2. The molecule has 0 aliphatic heterocycles. The van der Waals surface area contributed by atoms with Gasteiger partial charge >= 0.3 is 0 Å². The molecule has 1 rings (SSSR count). The van der Waals surface area contributed by atoms with Crippen LogP contribution in [-0.4, -0.2) is 11.1 Å². The molecule has 1 aromatic rings. The summed E-state index contributed by atoms with van der Waals surface area (Å²) in [5.41, 5.74) is 2.35. The van der Waals surface area contributed by atoms with Crippen molar-refractivity contribution in [2.75, 3.05) is 6.54 Å². The van der Waals surface area contributed by atoms with Crippen molar-refractivity contribution in [1.29, 1.82) is 0 Å². The first-order valence-electron chi connectivity index (χ1n) is 4.46. The van der Waals surface area contributed by atoms with Gasteiger partial charge in [0.15, 0.2) is 0 Å². The van der Waals surface area contributed by atoms with Crippen molar-refractivity contribution in [3.05, 3.63) is 29.4 Å². The molecule has 66 valence electrons. The van der Waals surface area contributed by atoms with E-state index in [-0.39, 0.29) is 0 Å². The Morgan fingerprint density at radius 3 is 2.67 bits per heavy atom. The van der Waals surface area contributed by atoms with Crippen LogP contribution in [0, 0.1) is 6.92 Å². The highest BCUT2D eigenvalue weighted by molar-refractivity contribution is 5.03. The smallest absolute Gasteiger partial charge is 0.127 e. The second-order valence-electron chi connectivity index (χ2n) is 2.74. The molecule has 0 fully saturated rings. The van der Waals surface area contributed by atoms with E-state index in [2.05, 4.69) is 48.5 Å². The molecule has 0 saturated heterocycles. The van der Waals surface area contributed by atoms with E-state index >= 15 is 0 Å². The van der Waals surface area contributed by atoms with Gasteiger partial charge in [0.25, 0.3) is 0 Å². The maximum Gasteiger partial charge on any atom is 0.127 e. The van der Waals surface area contributed by atoms with E-state index in [0.717, 1.165) is 18.6 Å². The minimum atomic E-state index is 0.851. The Kier molecular flexibility index (Phi) is 3.09. The Morgan fingerprint density at radius 2 is 2.08 bits per heavy atom. The molecule has 1 aromatic heterocycles. The van der Waals surface area contributed by atoms with E-state index in [1.807, 2.05) is 0 Å². The van der Waals surface area contributed by atoms with Crippen LogP contribution in [0.5, 0.6) is 0 Å². The monoisotopic (exact) mass is 164 g/mol. The van der Waals surface area contributed by atoms with Crippen molar-refractivity contribution < 1.29 is 0 Å². The summed E-state index contributed by atoms with van der Waals surface area (Å²) in [4.78, 5) is 4.40. The van der Waals surface area contributed by atoms with Gasteiger partial charge in [0, 0.05) is 18.8 Å². The second kappa shape index (κ2) is 4.10. The van der Waals surface area contributed by atoms with Crippen LogP contribution in [0.3, 0.4) is 0 Å². The number of aromatic nitrogens is 1. The normalized spacial score (nSPS) is 12.1. The zero-order chi connectivity index (χ0) is 8.97. The van der Waals surface area contributed by atoms with Gasteiger partial charge in [-0.1, -0.05) is 6.07 Å². The lowest BCUT2D eigenvalue weighted by Gasteiger charge is -2.07. The van der Waals surface area contributed by atoms with Gasteiger partial charge in [-0.05, 0) is 32.9 Å². The summed E-state index contributed by atoms with van der Waals surface area (Å²) in [5.74, 6) is 0.